The number of hydrogen-bond donors (Lipinski definition) is 0. The Balaban J connectivity index is 0.000000927. The second kappa shape index (κ2) is 22.4. The third-order valence-corrected chi connectivity index (χ3v) is 14.5. The molecule has 59 heavy (non-hydrogen) atoms. The van der Waals surface area contributed by atoms with Crippen LogP contribution in [0.5, 0.6) is 0 Å². The van der Waals surface area contributed by atoms with Crippen LogP contribution >= 0.6 is 24.8 Å². The van der Waals surface area contributed by atoms with Crippen LogP contribution < -0.4 is 10.4 Å². The van der Waals surface area contributed by atoms with Gasteiger partial charge < -0.3 is 14.4 Å². The number of benzene rings is 4. The predicted molar refractivity (Wildman–Crippen MR) is 265 cm³/mol. The molecule has 0 bridgehead atoms. The van der Waals surface area contributed by atoms with Crippen molar-refractivity contribution in [3.8, 4) is 22.3 Å². The standard InChI is InChI=1S/2C23H29Si.C3H4F3.CH3.2ClH.Si.Zr/c2*1-16-21(23(2,3)4)15-18-9-8-10-20(22(16)18)17-11-13-19(14-12-17)24(5,6)7;1-2-3(4,5)6;;;;;/h2*8-15H,1-7H3;1-2H2;1H3;2*1H;;/q4*-1;;;;. The Kier molecular flexibility index (Phi) is 21.6. The first kappa shape index (κ1) is 57.0. The molecule has 0 aliphatic heterocycles. The van der Waals surface area contributed by atoms with Crippen molar-refractivity contribution in [3.63, 3.8) is 0 Å². The van der Waals surface area contributed by atoms with E-state index in [9.17, 15) is 13.2 Å². The molecule has 0 fully saturated rings. The molecule has 0 aliphatic carbocycles. The molecule has 0 saturated carbocycles. The van der Waals surface area contributed by atoms with Gasteiger partial charge in [-0.1, -0.05) is 183 Å². The minimum atomic E-state index is -4.07. The summed E-state index contributed by atoms with van der Waals surface area (Å²) in [6.45, 7) is 38.5. The summed E-state index contributed by atoms with van der Waals surface area (Å²) in [6.07, 6.45) is -5.05. The molecule has 0 aliphatic rings. The van der Waals surface area contributed by atoms with E-state index >= 15 is 0 Å². The molecular weight excluding hydrogens is 904 g/mol. The molecule has 0 unspecified atom stereocenters. The average molecular weight is 971 g/mol. The molecule has 0 amide bonds. The summed E-state index contributed by atoms with van der Waals surface area (Å²) < 4.78 is 32.2. The van der Waals surface area contributed by atoms with Gasteiger partial charge in [0.05, 0.1) is 16.1 Å². The third-order valence-electron chi connectivity index (χ3n) is 10.4. The Morgan fingerprint density at radius 1 is 0.559 bits per heavy atom. The normalized spacial score (nSPS) is 11.7. The fourth-order valence-electron chi connectivity index (χ4n) is 7.35. The molecule has 0 nitrogen and oxygen atoms in total. The van der Waals surface area contributed by atoms with Crippen molar-refractivity contribution in [3.05, 3.63) is 134 Å². The molecule has 0 heterocycles. The van der Waals surface area contributed by atoms with Gasteiger partial charge in [0.1, 0.15) is 0 Å². The van der Waals surface area contributed by atoms with Gasteiger partial charge in [-0.15, -0.1) is 93.9 Å². The molecule has 6 rings (SSSR count). The van der Waals surface area contributed by atoms with Crippen molar-refractivity contribution in [2.75, 3.05) is 0 Å². The first-order valence-corrected chi connectivity index (χ1v) is 30.6. The Hall–Kier alpha value is -2.00. The van der Waals surface area contributed by atoms with E-state index in [1.54, 1.807) is 0 Å². The molecule has 0 atom stereocenters. The predicted octanol–water partition coefficient (Wildman–Crippen LogP) is 15.4. The maximum atomic E-state index is 10.7. The van der Waals surface area contributed by atoms with Crippen molar-refractivity contribution >= 4 is 79.8 Å². The Bertz CT molecular complexity index is 2050. The van der Waals surface area contributed by atoms with Crippen LogP contribution in [0.1, 0.15) is 70.2 Å². The average Bonchev–Trinajstić information content (AvgIpc) is 3.66. The molecule has 0 N–H and O–H groups in total. The van der Waals surface area contributed by atoms with E-state index in [0.29, 0.717) is 0 Å². The first-order valence-electron chi connectivity index (χ1n) is 19.5. The second-order valence-electron chi connectivity index (χ2n) is 18.9. The zero-order valence-electron chi connectivity index (χ0n) is 38.1. The van der Waals surface area contributed by atoms with Crippen molar-refractivity contribution in [1.29, 1.82) is 0 Å². The number of hydrogen-bond acceptors (Lipinski definition) is 0. The van der Waals surface area contributed by atoms with E-state index in [1.807, 2.05) is 0 Å². The van der Waals surface area contributed by atoms with E-state index in [2.05, 4.69) is 206 Å². The molecule has 0 spiro atoms. The van der Waals surface area contributed by atoms with Gasteiger partial charge in [-0.05, 0) is 22.0 Å². The fraction of sp³-hybridized carbons (Fsp3) is 0.360. The van der Waals surface area contributed by atoms with E-state index in [1.165, 1.54) is 99.8 Å². The van der Waals surface area contributed by atoms with Crippen LogP contribution in [-0.2, 0) is 34.2 Å². The van der Waals surface area contributed by atoms with Crippen LogP contribution in [0.4, 0.5) is 13.2 Å². The summed E-state index contributed by atoms with van der Waals surface area (Å²) in [5.74, 6) is 0. The molecule has 6 aromatic rings. The van der Waals surface area contributed by atoms with Gasteiger partial charge in [0.15, 0.2) is 0 Å². The zero-order chi connectivity index (χ0) is 42.6. The third kappa shape index (κ3) is 14.8. The van der Waals surface area contributed by atoms with E-state index in [-0.39, 0.29) is 43.1 Å². The summed E-state index contributed by atoms with van der Waals surface area (Å²) >= 11 is 1.36. The van der Waals surface area contributed by atoms with Gasteiger partial charge in [0.2, 0.25) is 0 Å². The Morgan fingerprint density at radius 2 is 0.831 bits per heavy atom. The van der Waals surface area contributed by atoms with E-state index in [0.717, 1.165) is 0 Å². The summed E-state index contributed by atoms with van der Waals surface area (Å²) in [4.78, 5) is 0. The van der Waals surface area contributed by atoms with Crippen LogP contribution in [0, 0.1) is 28.2 Å². The number of halogens is 5. The van der Waals surface area contributed by atoms with Gasteiger partial charge in [-0.2, -0.15) is 24.3 Å². The minimum absolute atomic E-state index is 0. The maximum absolute atomic E-state index is 10.7. The van der Waals surface area contributed by atoms with E-state index in [4.69, 9.17) is 0 Å². The molecule has 0 saturated heterocycles. The fourth-order valence-corrected chi connectivity index (χ4v) is 9.69. The monoisotopic (exact) mass is 968 g/mol. The quantitative estimate of drug-likeness (QED) is 0.122. The summed E-state index contributed by atoms with van der Waals surface area (Å²) in [5.41, 5.74) is 11.5. The molecule has 322 valence electrons. The van der Waals surface area contributed by atoms with Gasteiger partial charge in [-0.3, -0.25) is 0 Å². The van der Waals surface area contributed by atoms with Crippen molar-refractivity contribution in [2.45, 2.75) is 118 Å². The van der Waals surface area contributed by atoms with Crippen LogP contribution in [-0.4, -0.2) is 29.2 Å². The number of alkyl halides is 3. The number of aryl methyl sites for hydroxylation is 2. The van der Waals surface area contributed by atoms with Crippen LogP contribution in [0.25, 0.3) is 43.8 Å². The molecule has 2 radical (unpaired) electrons. The molecule has 6 aromatic carbocycles. The first-order chi connectivity index (χ1) is 25.7. The Morgan fingerprint density at radius 3 is 1.05 bits per heavy atom. The Labute approximate surface area is 387 Å². The summed E-state index contributed by atoms with van der Waals surface area (Å²) in [6, 6.07) is 36.8. The van der Waals surface area contributed by atoms with Crippen LogP contribution in [0.3, 0.4) is 0 Å². The van der Waals surface area contributed by atoms with E-state index < -0.39 is 28.7 Å². The SMILES string of the molecule is Cc1c(C(C)(C)C)[cH-]c2cccc(-c3ccc([Si](C)(C)C)cc3)c12.Cc1c(C(C)(C)C)[cH-]c2cccc(-c3ccc([Si](C)(C)C)cc3)c12.Cl.Cl.[CH2-]CC(F)(F)F.[CH3-].[Si]=[Zr]. The van der Waals surface area contributed by atoms with Crippen molar-refractivity contribution in [2.24, 2.45) is 0 Å². The second-order valence-corrected chi connectivity index (χ2v) is 29.1. The summed E-state index contributed by atoms with van der Waals surface area (Å²) in [5, 5.41) is 8.61. The molecule has 9 heteroatoms. The molecule has 0 aromatic heterocycles. The summed E-state index contributed by atoms with van der Waals surface area (Å²) in [7, 11) is -2.49. The molecular formula is C50H67Cl2F3Si3Zr-4. The van der Waals surface area contributed by atoms with Gasteiger partial charge in [-0.25, -0.2) is 0 Å². The number of fused-ring (bicyclic) bond motifs is 2. The van der Waals surface area contributed by atoms with Gasteiger partial charge >= 0.3 is 36.4 Å². The van der Waals surface area contributed by atoms with Gasteiger partial charge in [0, 0.05) is 0 Å². The van der Waals surface area contributed by atoms with Gasteiger partial charge in [0.25, 0.3) is 0 Å². The van der Waals surface area contributed by atoms with Crippen molar-refractivity contribution in [1.82, 2.24) is 0 Å². The topological polar surface area (TPSA) is 0 Å². The number of rotatable bonds is 4. The van der Waals surface area contributed by atoms with Crippen molar-refractivity contribution < 1.29 is 36.5 Å². The van der Waals surface area contributed by atoms with Crippen LogP contribution in [0.2, 0.25) is 39.3 Å². The zero-order valence-corrected chi connectivity index (χ0v) is 45.2. The van der Waals surface area contributed by atoms with Crippen LogP contribution in [0.15, 0.2) is 97.1 Å².